The first kappa shape index (κ1) is 10.6. The predicted molar refractivity (Wildman–Crippen MR) is 67.6 cm³/mol. The average molecular weight is 230 g/mol. The fourth-order valence-electron chi connectivity index (χ4n) is 3.07. The number of methoxy groups -OCH3 is 1. The van der Waals surface area contributed by atoms with Gasteiger partial charge in [0.05, 0.1) is 12.8 Å². The van der Waals surface area contributed by atoms with E-state index < -0.39 is 0 Å². The van der Waals surface area contributed by atoms with Gasteiger partial charge in [0.1, 0.15) is 0 Å². The Kier molecular flexibility index (Phi) is 2.35. The van der Waals surface area contributed by atoms with E-state index in [2.05, 4.69) is 24.4 Å². The van der Waals surface area contributed by atoms with E-state index in [0.717, 1.165) is 23.7 Å². The number of fused-ring (bicyclic) bond motifs is 3. The third-order valence-corrected chi connectivity index (χ3v) is 3.71. The fourth-order valence-corrected chi connectivity index (χ4v) is 3.07. The van der Waals surface area contributed by atoms with Crippen molar-refractivity contribution < 1.29 is 4.74 Å². The van der Waals surface area contributed by atoms with Gasteiger partial charge in [-0.15, -0.1) is 0 Å². The van der Waals surface area contributed by atoms with Crippen LogP contribution in [0.2, 0.25) is 0 Å². The van der Waals surface area contributed by atoms with E-state index in [4.69, 9.17) is 9.72 Å². The Bertz CT molecular complexity index is 559. The molecule has 3 heteroatoms. The molecule has 90 valence electrons. The highest BCUT2D eigenvalue weighted by Gasteiger charge is 2.26. The molecule has 1 aliphatic rings. The van der Waals surface area contributed by atoms with Crippen LogP contribution in [0.5, 0.6) is 5.75 Å². The number of imidazole rings is 1. The number of nitrogens with zero attached hydrogens (tertiary/aromatic N) is 2. The molecule has 0 aliphatic heterocycles. The van der Waals surface area contributed by atoms with Crippen LogP contribution in [0.15, 0.2) is 18.3 Å². The Morgan fingerprint density at radius 1 is 1.41 bits per heavy atom. The van der Waals surface area contributed by atoms with Gasteiger partial charge < -0.3 is 9.14 Å². The van der Waals surface area contributed by atoms with Gasteiger partial charge in [0, 0.05) is 11.9 Å². The zero-order chi connectivity index (χ0) is 12.0. The first-order valence-electron chi connectivity index (χ1n) is 6.24. The van der Waals surface area contributed by atoms with Crippen molar-refractivity contribution in [1.82, 2.24) is 9.38 Å². The standard InChI is InChI=1S/C14H18N2O/c1-9-7-10(2)13-11(8-9)15-14-12(17-3)5-4-6-16(13)14/h4-6,9-10H,7-8H2,1-3H3. The number of hydrogen-bond donors (Lipinski definition) is 0. The highest BCUT2D eigenvalue weighted by Crippen LogP contribution is 2.36. The molecule has 2 heterocycles. The summed E-state index contributed by atoms with van der Waals surface area (Å²) < 4.78 is 7.58. The van der Waals surface area contributed by atoms with Crippen LogP contribution in [0.25, 0.3) is 5.65 Å². The second kappa shape index (κ2) is 3.76. The summed E-state index contributed by atoms with van der Waals surface area (Å²) in [6, 6.07) is 4.00. The normalized spacial score (nSPS) is 23.7. The lowest BCUT2D eigenvalue weighted by Gasteiger charge is -2.23. The van der Waals surface area contributed by atoms with Crippen molar-refractivity contribution in [2.75, 3.05) is 7.11 Å². The summed E-state index contributed by atoms with van der Waals surface area (Å²) in [4.78, 5) is 4.76. The predicted octanol–water partition coefficient (Wildman–Crippen LogP) is 3.03. The number of hydrogen-bond acceptors (Lipinski definition) is 2. The summed E-state index contributed by atoms with van der Waals surface area (Å²) in [5.41, 5.74) is 3.58. The van der Waals surface area contributed by atoms with Gasteiger partial charge >= 0.3 is 0 Å². The zero-order valence-electron chi connectivity index (χ0n) is 10.6. The second-order valence-electron chi connectivity index (χ2n) is 5.16. The molecule has 17 heavy (non-hydrogen) atoms. The molecule has 3 rings (SSSR count). The molecule has 1 aliphatic carbocycles. The van der Waals surface area contributed by atoms with Gasteiger partial charge in [0.25, 0.3) is 0 Å². The molecule has 0 bridgehead atoms. The molecule has 2 atom stereocenters. The van der Waals surface area contributed by atoms with Crippen molar-refractivity contribution in [3.05, 3.63) is 29.7 Å². The molecule has 0 N–H and O–H groups in total. The van der Waals surface area contributed by atoms with E-state index in [-0.39, 0.29) is 0 Å². The molecule has 0 spiro atoms. The maximum atomic E-state index is 5.38. The van der Waals surface area contributed by atoms with Gasteiger partial charge in [-0.1, -0.05) is 13.8 Å². The fraction of sp³-hybridized carbons (Fsp3) is 0.500. The van der Waals surface area contributed by atoms with E-state index in [1.807, 2.05) is 12.1 Å². The van der Waals surface area contributed by atoms with Crippen LogP contribution in [0.4, 0.5) is 0 Å². The molecular formula is C14H18N2O. The number of rotatable bonds is 1. The molecule has 0 saturated heterocycles. The van der Waals surface area contributed by atoms with E-state index >= 15 is 0 Å². The van der Waals surface area contributed by atoms with Gasteiger partial charge in [-0.25, -0.2) is 4.98 Å². The number of pyridine rings is 1. The Morgan fingerprint density at radius 3 is 3.00 bits per heavy atom. The Hall–Kier alpha value is -1.51. The van der Waals surface area contributed by atoms with Crippen molar-refractivity contribution in [3.8, 4) is 5.75 Å². The van der Waals surface area contributed by atoms with Crippen molar-refractivity contribution in [1.29, 1.82) is 0 Å². The topological polar surface area (TPSA) is 26.5 Å². The quantitative estimate of drug-likeness (QED) is 0.752. The monoisotopic (exact) mass is 230 g/mol. The van der Waals surface area contributed by atoms with Gasteiger partial charge in [0.15, 0.2) is 11.4 Å². The van der Waals surface area contributed by atoms with E-state index in [9.17, 15) is 0 Å². The summed E-state index contributed by atoms with van der Waals surface area (Å²) >= 11 is 0. The van der Waals surface area contributed by atoms with Gasteiger partial charge in [-0.3, -0.25) is 0 Å². The summed E-state index contributed by atoms with van der Waals surface area (Å²) in [6.45, 7) is 4.60. The molecule has 2 unspecified atom stereocenters. The largest absolute Gasteiger partial charge is 0.493 e. The van der Waals surface area contributed by atoms with Crippen molar-refractivity contribution in [2.45, 2.75) is 32.6 Å². The van der Waals surface area contributed by atoms with Crippen LogP contribution in [0.3, 0.4) is 0 Å². The average Bonchev–Trinajstić information content (AvgIpc) is 2.66. The SMILES string of the molecule is COc1cccn2c3c(nc12)CC(C)CC3C. The first-order valence-corrected chi connectivity index (χ1v) is 6.24. The maximum absolute atomic E-state index is 5.38. The van der Waals surface area contributed by atoms with Gasteiger partial charge in [-0.2, -0.15) is 0 Å². The molecular weight excluding hydrogens is 212 g/mol. The summed E-state index contributed by atoms with van der Waals surface area (Å²) in [5, 5.41) is 0. The zero-order valence-corrected chi connectivity index (χ0v) is 10.6. The lowest BCUT2D eigenvalue weighted by atomic mass is 9.84. The molecule has 2 aromatic heterocycles. The lowest BCUT2D eigenvalue weighted by molar-refractivity contribution is 0.416. The van der Waals surface area contributed by atoms with Crippen LogP contribution in [0.1, 0.15) is 37.6 Å². The molecule has 0 fully saturated rings. The highest BCUT2D eigenvalue weighted by atomic mass is 16.5. The molecule has 0 saturated carbocycles. The molecule has 3 nitrogen and oxygen atoms in total. The van der Waals surface area contributed by atoms with Crippen molar-refractivity contribution in [2.24, 2.45) is 5.92 Å². The minimum atomic E-state index is 0.579. The molecule has 2 aromatic rings. The van der Waals surface area contributed by atoms with Gasteiger partial charge in [-0.05, 0) is 36.8 Å². The second-order valence-corrected chi connectivity index (χ2v) is 5.16. The third kappa shape index (κ3) is 1.53. The van der Waals surface area contributed by atoms with Crippen LogP contribution in [-0.4, -0.2) is 16.5 Å². The number of aromatic nitrogens is 2. The molecule has 0 aromatic carbocycles. The molecule has 0 amide bonds. The lowest BCUT2D eigenvalue weighted by Crippen LogP contribution is -2.15. The van der Waals surface area contributed by atoms with Crippen LogP contribution >= 0.6 is 0 Å². The van der Waals surface area contributed by atoms with E-state index in [1.54, 1.807) is 7.11 Å². The summed E-state index contributed by atoms with van der Waals surface area (Å²) in [6.07, 6.45) is 4.43. The van der Waals surface area contributed by atoms with E-state index in [1.165, 1.54) is 17.8 Å². The Morgan fingerprint density at radius 2 is 2.24 bits per heavy atom. The van der Waals surface area contributed by atoms with E-state index in [0.29, 0.717) is 5.92 Å². The van der Waals surface area contributed by atoms with Crippen LogP contribution < -0.4 is 4.74 Å². The molecule has 0 radical (unpaired) electrons. The van der Waals surface area contributed by atoms with Crippen LogP contribution in [0, 0.1) is 5.92 Å². The third-order valence-electron chi connectivity index (χ3n) is 3.71. The van der Waals surface area contributed by atoms with Crippen LogP contribution in [-0.2, 0) is 6.42 Å². The minimum absolute atomic E-state index is 0.579. The van der Waals surface area contributed by atoms with Gasteiger partial charge in [0.2, 0.25) is 0 Å². The van der Waals surface area contributed by atoms with Crippen molar-refractivity contribution in [3.63, 3.8) is 0 Å². The highest BCUT2D eigenvalue weighted by molar-refractivity contribution is 5.56. The smallest absolute Gasteiger partial charge is 0.180 e. The van der Waals surface area contributed by atoms with Crippen molar-refractivity contribution >= 4 is 5.65 Å². The summed E-state index contributed by atoms with van der Waals surface area (Å²) in [7, 11) is 1.70. The summed E-state index contributed by atoms with van der Waals surface area (Å²) in [5.74, 6) is 2.17. The first-order chi connectivity index (χ1) is 8.20. The minimum Gasteiger partial charge on any atom is -0.493 e. The Labute approximate surface area is 101 Å². The number of ether oxygens (including phenoxy) is 1. The Balaban J connectivity index is 2.27. The maximum Gasteiger partial charge on any atom is 0.180 e.